The molecule has 0 saturated carbocycles. The van der Waals surface area contributed by atoms with Crippen LogP contribution in [-0.4, -0.2) is 73.9 Å². The van der Waals surface area contributed by atoms with Crippen molar-refractivity contribution >= 4 is 21.7 Å². The van der Waals surface area contributed by atoms with Gasteiger partial charge in [0.05, 0.1) is 18.0 Å². The van der Waals surface area contributed by atoms with Gasteiger partial charge in [0.2, 0.25) is 16.0 Å². The third kappa shape index (κ3) is 3.96. The van der Waals surface area contributed by atoms with Gasteiger partial charge in [-0.05, 0) is 29.7 Å². The molecule has 2 aliphatic rings. The second kappa shape index (κ2) is 7.65. The smallest absolute Gasteiger partial charge is 0.232 e. The summed E-state index contributed by atoms with van der Waals surface area (Å²) >= 11 is 0. The molecule has 1 aromatic heterocycles. The van der Waals surface area contributed by atoms with E-state index in [0.717, 1.165) is 48.9 Å². The summed E-state index contributed by atoms with van der Waals surface area (Å²) in [4.78, 5) is 13.0. The number of hydrogen-bond acceptors (Lipinski definition) is 7. The number of nitrogens with zero attached hydrogens (tertiary/aromatic N) is 5. The van der Waals surface area contributed by atoms with E-state index in [0.29, 0.717) is 19.5 Å². The first-order valence-corrected chi connectivity index (χ1v) is 11.3. The zero-order valence-corrected chi connectivity index (χ0v) is 16.7. The van der Waals surface area contributed by atoms with Crippen molar-refractivity contribution in [2.24, 2.45) is 0 Å². The van der Waals surface area contributed by atoms with Crippen molar-refractivity contribution in [3.8, 4) is 0 Å². The molecule has 0 bridgehead atoms. The van der Waals surface area contributed by atoms with Crippen molar-refractivity contribution in [1.29, 1.82) is 0 Å². The van der Waals surface area contributed by atoms with Gasteiger partial charge in [-0.25, -0.2) is 18.4 Å². The first kappa shape index (κ1) is 19.1. The first-order valence-electron chi connectivity index (χ1n) is 9.45. The van der Waals surface area contributed by atoms with E-state index in [2.05, 4.69) is 19.8 Å². The van der Waals surface area contributed by atoms with Gasteiger partial charge in [0.1, 0.15) is 0 Å². The number of rotatable bonds is 5. The van der Waals surface area contributed by atoms with Gasteiger partial charge in [0.25, 0.3) is 0 Å². The molecule has 1 unspecified atom stereocenters. The number of β-amino-alcohol motifs (C(OH)–C–C–N with tert-alkyl or cyclic N) is 1. The lowest BCUT2D eigenvalue weighted by molar-refractivity contribution is 0.109. The molecule has 1 N–H and O–H groups in total. The van der Waals surface area contributed by atoms with Crippen LogP contribution in [0.15, 0.2) is 36.7 Å². The summed E-state index contributed by atoms with van der Waals surface area (Å²) in [5.41, 5.74) is 2.55. The van der Waals surface area contributed by atoms with E-state index in [1.165, 1.54) is 10.6 Å². The van der Waals surface area contributed by atoms with Crippen molar-refractivity contribution in [2.75, 3.05) is 54.7 Å². The van der Waals surface area contributed by atoms with Crippen LogP contribution in [0, 0.1) is 0 Å². The molecule has 1 atom stereocenters. The Morgan fingerprint density at radius 3 is 2.50 bits per heavy atom. The Labute approximate surface area is 165 Å². The van der Waals surface area contributed by atoms with Gasteiger partial charge < -0.3 is 10.0 Å². The molecule has 4 rings (SSSR count). The fourth-order valence-corrected chi connectivity index (χ4v) is 4.84. The van der Waals surface area contributed by atoms with Crippen LogP contribution in [0.5, 0.6) is 0 Å². The molecule has 8 nitrogen and oxygen atoms in total. The van der Waals surface area contributed by atoms with Gasteiger partial charge in [0, 0.05) is 51.7 Å². The van der Waals surface area contributed by atoms with Gasteiger partial charge in [0.15, 0.2) is 0 Å². The second-order valence-electron chi connectivity index (χ2n) is 7.33. The second-order valence-corrected chi connectivity index (χ2v) is 9.23. The Balaban J connectivity index is 1.37. The maximum Gasteiger partial charge on any atom is 0.232 e. The zero-order valence-electron chi connectivity index (χ0n) is 15.9. The van der Waals surface area contributed by atoms with Gasteiger partial charge in [-0.15, -0.1) is 0 Å². The molecule has 9 heteroatoms. The van der Waals surface area contributed by atoms with Crippen LogP contribution >= 0.6 is 0 Å². The Bertz CT molecular complexity index is 930. The minimum absolute atomic E-state index is 0.469. The minimum atomic E-state index is -3.25. The van der Waals surface area contributed by atoms with Crippen LogP contribution in [-0.2, 0) is 16.4 Å². The van der Waals surface area contributed by atoms with Crippen LogP contribution in [0.4, 0.5) is 11.6 Å². The molecule has 0 spiro atoms. The number of aromatic nitrogens is 2. The van der Waals surface area contributed by atoms with E-state index in [1.54, 1.807) is 12.4 Å². The molecule has 150 valence electrons. The highest BCUT2D eigenvalue weighted by atomic mass is 32.2. The number of benzene rings is 1. The fourth-order valence-electron chi connectivity index (χ4n) is 3.88. The van der Waals surface area contributed by atoms with Crippen LogP contribution in [0.2, 0.25) is 0 Å². The van der Waals surface area contributed by atoms with E-state index < -0.39 is 16.1 Å². The lowest BCUT2D eigenvalue weighted by Gasteiger charge is -2.35. The van der Waals surface area contributed by atoms with Crippen LogP contribution in [0.25, 0.3) is 0 Å². The van der Waals surface area contributed by atoms with E-state index >= 15 is 0 Å². The molecular formula is C19H25N5O3S. The standard InChI is InChI=1S/C19H25N5O3S/c1-28(26,27)24-8-5-15-13-16(3-4-17(15)24)18(25)14-22-9-11-23(12-10-22)19-20-6-2-7-21-19/h2-4,6-7,13,18,25H,5,8-12,14H2,1H3. The average Bonchev–Trinajstić information content (AvgIpc) is 3.13. The minimum Gasteiger partial charge on any atom is -0.387 e. The van der Waals surface area contributed by atoms with E-state index in [1.807, 2.05) is 24.3 Å². The number of sulfonamides is 1. The lowest BCUT2D eigenvalue weighted by atomic mass is 10.0. The Morgan fingerprint density at radius 2 is 1.82 bits per heavy atom. The summed E-state index contributed by atoms with van der Waals surface area (Å²) in [6.07, 6.45) is 4.80. The van der Waals surface area contributed by atoms with Crippen molar-refractivity contribution in [2.45, 2.75) is 12.5 Å². The van der Waals surface area contributed by atoms with Gasteiger partial charge >= 0.3 is 0 Å². The Morgan fingerprint density at radius 1 is 1.11 bits per heavy atom. The molecular weight excluding hydrogens is 378 g/mol. The predicted octanol–water partition coefficient (Wildman–Crippen LogP) is 0.654. The molecule has 0 aliphatic carbocycles. The molecule has 1 aromatic carbocycles. The number of aliphatic hydroxyl groups excluding tert-OH is 1. The molecule has 3 heterocycles. The highest BCUT2D eigenvalue weighted by Crippen LogP contribution is 2.32. The Hall–Kier alpha value is -2.23. The van der Waals surface area contributed by atoms with Crippen LogP contribution < -0.4 is 9.21 Å². The third-order valence-corrected chi connectivity index (χ3v) is 6.56. The molecule has 2 aromatic rings. The van der Waals surface area contributed by atoms with Gasteiger partial charge in [-0.1, -0.05) is 12.1 Å². The quantitative estimate of drug-likeness (QED) is 0.784. The molecule has 28 heavy (non-hydrogen) atoms. The van der Waals surface area contributed by atoms with E-state index in [-0.39, 0.29) is 0 Å². The lowest BCUT2D eigenvalue weighted by Crippen LogP contribution is -2.48. The third-order valence-electron chi connectivity index (χ3n) is 5.38. The molecule has 0 radical (unpaired) electrons. The highest BCUT2D eigenvalue weighted by molar-refractivity contribution is 7.92. The van der Waals surface area contributed by atoms with Gasteiger partial charge in [-0.3, -0.25) is 9.21 Å². The summed E-state index contributed by atoms with van der Waals surface area (Å²) in [6, 6.07) is 7.40. The Kier molecular flexibility index (Phi) is 5.22. The number of fused-ring (bicyclic) bond motifs is 1. The first-order chi connectivity index (χ1) is 13.4. The zero-order chi connectivity index (χ0) is 19.7. The summed E-state index contributed by atoms with van der Waals surface area (Å²) in [5.74, 6) is 0.747. The molecule has 1 saturated heterocycles. The molecule has 0 amide bonds. The summed E-state index contributed by atoms with van der Waals surface area (Å²) in [7, 11) is -3.25. The van der Waals surface area contributed by atoms with E-state index in [9.17, 15) is 13.5 Å². The normalized spacial score (nSPS) is 18.9. The van der Waals surface area contributed by atoms with Crippen LogP contribution in [0.1, 0.15) is 17.2 Å². The number of piperazine rings is 1. The maximum absolute atomic E-state index is 11.9. The maximum atomic E-state index is 11.9. The largest absolute Gasteiger partial charge is 0.387 e. The predicted molar refractivity (Wildman–Crippen MR) is 108 cm³/mol. The number of anilines is 2. The number of aliphatic hydroxyl groups is 1. The van der Waals surface area contributed by atoms with Crippen molar-refractivity contribution in [3.63, 3.8) is 0 Å². The fraction of sp³-hybridized carbons (Fsp3) is 0.474. The summed E-state index contributed by atoms with van der Waals surface area (Å²) in [6.45, 7) is 4.34. The molecule has 1 fully saturated rings. The summed E-state index contributed by atoms with van der Waals surface area (Å²) < 4.78 is 25.2. The average molecular weight is 404 g/mol. The van der Waals surface area contributed by atoms with Crippen molar-refractivity contribution < 1.29 is 13.5 Å². The highest BCUT2D eigenvalue weighted by Gasteiger charge is 2.27. The number of hydrogen-bond donors (Lipinski definition) is 1. The van der Waals surface area contributed by atoms with Crippen molar-refractivity contribution in [3.05, 3.63) is 47.8 Å². The SMILES string of the molecule is CS(=O)(=O)N1CCc2cc(C(O)CN3CCN(c4ncccn4)CC3)ccc21. The molecule has 2 aliphatic heterocycles. The van der Waals surface area contributed by atoms with Crippen molar-refractivity contribution in [1.82, 2.24) is 14.9 Å². The topological polar surface area (TPSA) is 89.9 Å². The monoisotopic (exact) mass is 403 g/mol. The van der Waals surface area contributed by atoms with Gasteiger partial charge in [-0.2, -0.15) is 0 Å². The summed E-state index contributed by atoms with van der Waals surface area (Å²) in [5, 5.41) is 10.7. The van der Waals surface area contributed by atoms with E-state index in [4.69, 9.17) is 0 Å². The van der Waals surface area contributed by atoms with Crippen LogP contribution in [0.3, 0.4) is 0 Å².